The van der Waals surface area contributed by atoms with Crippen LogP contribution >= 0.6 is 0 Å². The van der Waals surface area contributed by atoms with Gasteiger partial charge in [-0.2, -0.15) is 0 Å². The lowest BCUT2D eigenvalue weighted by Gasteiger charge is -2.22. The molecule has 0 radical (unpaired) electrons. The predicted octanol–water partition coefficient (Wildman–Crippen LogP) is 4.06. The van der Waals surface area contributed by atoms with Crippen molar-refractivity contribution in [2.45, 2.75) is 39.5 Å². The highest BCUT2D eigenvalue weighted by Gasteiger charge is 2.30. The number of aryl methyl sites for hydroxylation is 3. The molecule has 148 valence electrons. The van der Waals surface area contributed by atoms with E-state index in [-0.39, 0.29) is 23.7 Å². The highest BCUT2D eigenvalue weighted by molar-refractivity contribution is 6.07. The minimum Gasteiger partial charge on any atom is -0.469 e. The first-order valence-corrected chi connectivity index (χ1v) is 9.55. The van der Waals surface area contributed by atoms with Crippen molar-refractivity contribution in [3.63, 3.8) is 0 Å². The predicted molar refractivity (Wildman–Crippen MR) is 110 cm³/mol. The molecule has 1 aliphatic rings. The fourth-order valence-corrected chi connectivity index (χ4v) is 4.08. The second kappa shape index (κ2) is 7.20. The first-order chi connectivity index (χ1) is 13.8. The zero-order chi connectivity index (χ0) is 20.7. The molecule has 4 rings (SSSR count). The summed E-state index contributed by atoms with van der Waals surface area (Å²) in [6.07, 6.45) is 2.34. The van der Waals surface area contributed by atoms with Crippen LogP contribution in [0.1, 0.15) is 61.2 Å². The van der Waals surface area contributed by atoms with E-state index in [1.165, 1.54) is 6.07 Å². The molecule has 0 fully saturated rings. The Bertz CT molecular complexity index is 1150. The molecule has 2 heterocycles. The van der Waals surface area contributed by atoms with Crippen LogP contribution in [0.3, 0.4) is 0 Å². The van der Waals surface area contributed by atoms with Crippen molar-refractivity contribution in [1.29, 1.82) is 0 Å². The van der Waals surface area contributed by atoms with Gasteiger partial charge in [0.2, 0.25) is 0 Å². The van der Waals surface area contributed by atoms with Gasteiger partial charge in [-0.3, -0.25) is 14.4 Å². The summed E-state index contributed by atoms with van der Waals surface area (Å²) in [6.45, 7) is 5.80. The summed E-state index contributed by atoms with van der Waals surface area (Å²) in [5.74, 6) is -0.0270. The molecule has 1 unspecified atom stereocenters. The number of fused-ring (bicyclic) bond motifs is 1. The number of aromatic amines is 1. The van der Waals surface area contributed by atoms with Crippen molar-refractivity contribution in [2.75, 3.05) is 5.32 Å². The van der Waals surface area contributed by atoms with Crippen molar-refractivity contribution >= 4 is 17.4 Å². The largest absolute Gasteiger partial charge is 0.469 e. The number of amides is 1. The van der Waals surface area contributed by atoms with Gasteiger partial charge in [-0.05, 0) is 56.5 Å². The van der Waals surface area contributed by atoms with E-state index in [2.05, 4.69) is 10.3 Å². The number of hydrogen-bond donors (Lipinski definition) is 2. The first-order valence-electron chi connectivity index (χ1n) is 9.55. The number of Topliss-reactive ketones (excluding diaryl/α,β-unsaturated/α-hetero) is 1. The normalized spacial score (nSPS) is 15.8. The molecule has 0 aliphatic heterocycles. The average Bonchev–Trinajstić information content (AvgIpc) is 3.18. The number of pyridine rings is 1. The summed E-state index contributed by atoms with van der Waals surface area (Å²) in [5, 5.41) is 2.83. The van der Waals surface area contributed by atoms with E-state index < -0.39 is 11.5 Å². The van der Waals surface area contributed by atoms with Crippen molar-refractivity contribution < 1.29 is 14.0 Å². The smallest absolute Gasteiger partial charge is 0.261 e. The number of hydrogen-bond acceptors (Lipinski definition) is 4. The number of H-pyrrole nitrogens is 1. The number of carbonyl (C=O) groups excluding carboxylic acids is 2. The molecule has 0 saturated heterocycles. The summed E-state index contributed by atoms with van der Waals surface area (Å²) in [7, 11) is 0. The zero-order valence-corrected chi connectivity index (χ0v) is 16.6. The fraction of sp³-hybridized carbons (Fsp3) is 0.261. The van der Waals surface area contributed by atoms with Crippen LogP contribution in [-0.2, 0) is 6.42 Å². The Balaban J connectivity index is 1.65. The highest BCUT2D eigenvalue weighted by Crippen LogP contribution is 2.32. The fourth-order valence-electron chi connectivity index (χ4n) is 4.08. The second-order valence-electron chi connectivity index (χ2n) is 7.68. The quantitative estimate of drug-likeness (QED) is 0.705. The number of carbonyl (C=O) groups is 2. The molecule has 3 aromatic rings. The molecule has 0 spiro atoms. The Morgan fingerprint density at radius 2 is 1.83 bits per heavy atom. The lowest BCUT2D eigenvalue weighted by Crippen LogP contribution is -2.29. The van der Waals surface area contributed by atoms with Gasteiger partial charge in [0.05, 0.1) is 6.26 Å². The Morgan fingerprint density at radius 3 is 2.48 bits per heavy atom. The van der Waals surface area contributed by atoms with E-state index in [4.69, 9.17) is 4.42 Å². The van der Waals surface area contributed by atoms with E-state index in [1.54, 1.807) is 12.3 Å². The maximum Gasteiger partial charge on any atom is 0.261 e. The van der Waals surface area contributed by atoms with Gasteiger partial charge in [-0.25, -0.2) is 0 Å². The van der Waals surface area contributed by atoms with Crippen LogP contribution in [0.25, 0.3) is 0 Å². The molecule has 1 aromatic carbocycles. The summed E-state index contributed by atoms with van der Waals surface area (Å²) >= 11 is 0. The monoisotopic (exact) mass is 390 g/mol. The SMILES string of the molecule is Cc1cc(C)c(NC(=O)c2cc3c([nH]c2=O)CC(c2ccco2)CC3=O)c(C)c1. The number of rotatable bonds is 3. The molecule has 6 heteroatoms. The minimum atomic E-state index is -0.523. The molecular formula is C23H22N2O4. The van der Waals surface area contributed by atoms with Crippen molar-refractivity contribution in [3.8, 4) is 0 Å². The van der Waals surface area contributed by atoms with Gasteiger partial charge in [0.15, 0.2) is 5.78 Å². The minimum absolute atomic E-state index is 0.0621. The average molecular weight is 390 g/mol. The lowest BCUT2D eigenvalue weighted by atomic mass is 9.84. The van der Waals surface area contributed by atoms with Crippen LogP contribution in [0.4, 0.5) is 5.69 Å². The number of nitrogens with one attached hydrogen (secondary N) is 2. The zero-order valence-electron chi connectivity index (χ0n) is 16.6. The molecule has 0 saturated carbocycles. The van der Waals surface area contributed by atoms with Gasteiger partial charge in [0, 0.05) is 29.3 Å². The van der Waals surface area contributed by atoms with E-state index >= 15 is 0 Å². The van der Waals surface area contributed by atoms with Crippen LogP contribution in [0.5, 0.6) is 0 Å². The van der Waals surface area contributed by atoms with E-state index in [0.29, 0.717) is 23.4 Å². The number of aromatic nitrogens is 1. The second-order valence-corrected chi connectivity index (χ2v) is 7.68. The van der Waals surface area contributed by atoms with Gasteiger partial charge in [-0.15, -0.1) is 0 Å². The van der Waals surface area contributed by atoms with Crippen LogP contribution in [0, 0.1) is 20.8 Å². The molecule has 1 amide bonds. The van der Waals surface area contributed by atoms with E-state index in [1.807, 2.05) is 39.0 Å². The lowest BCUT2D eigenvalue weighted by molar-refractivity contribution is 0.0959. The van der Waals surface area contributed by atoms with Gasteiger partial charge in [0.25, 0.3) is 11.5 Å². The molecule has 1 atom stereocenters. The highest BCUT2D eigenvalue weighted by atomic mass is 16.3. The van der Waals surface area contributed by atoms with Crippen LogP contribution in [0.2, 0.25) is 0 Å². The summed E-state index contributed by atoms with van der Waals surface area (Å²) < 4.78 is 5.42. The standard InChI is InChI=1S/C23H22N2O4/c1-12-7-13(2)21(14(3)8-12)25-23(28)17-11-16-18(24-22(17)27)9-15(10-19(16)26)20-5-4-6-29-20/h4-8,11,15H,9-10H2,1-3H3,(H,24,27)(H,25,28). The third kappa shape index (κ3) is 3.53. The number of furan rings is 1. The van der Waals surface area contributed by atoms with Crippen molar-refractivity contribution in [1.82, 2.24) is 4.98 Å². The Morgan fingerprint density at radius 1 is 1.10 bits per heavy atom. The van der Waals surface area contributed by atoms with Gasteiger partial charge in [0.1, 0.15) is 11.3 Å². The summed E-state index contributed by atoms with van der Waals surface area (Å²) in [4.78, 5) is 40.8. The Labute approximate surface area is 168 Å². The van der Waals surface area contributed by atoms with Crippen molar-refractivity contribution in [3.05, 3.63) is 86.2 Å². The molecule has 2 N–H and O–H groups in total. The third-order valence-electron chi connectivity index (χ3n) is 5.41. The Hall–Kier alpha value is -3.41. The number of anilines is 1. The van der Waals surface area contributed by atoms with E-state index in [9.17, 15) is 14.4 Å². The summed E-state index contributed by atoms with van der Waals surface area (Å²) in [6, 6.07) is 8.97. The third-order valence-corrected chi connectivity index (χ3v) is 5.41. The molecule has 0 bridgehead atoms. The topological polar surface area (TPSA) is 92.2 Å². The molecular weight excluding hydrogens is 368 g/mol. The van der Waals surface area contributed by atoms with Gasteiger partial charge in [-0.1, -0.05) is 17.7 Å². The molecule has 6 nitrogen and oxygen atoms in total. The van der Waals surface area contributed by atoms with Crippen LogP contribution < -0.4 is 10.9 Å². The van der Waals surface area contributed by atoms with Crippen LogP contribution in [0.15, 0.2) is 45.8 Å². The first kappa shape index (κ1) is 18.9. The number of ketones is 1. The molecule has 2 aromatic heterocycles. The van der Waals surface area contributed by atoms with Crippen LogP contribution in [-0.4, -0.2) is 16.7 Å². The molecule has 29 heavy (non-hydrogen) atoms. The van der Waals surface area contributed by atoms with Gasteiger partial charge >= 0.3 is 0 Å². The van der Waals surface area contributed by atoms with Crippen molar-refractivity contribution in [2.24, 2.45) is 0 Å². The Kier molecular flexibility index (Phi) is 4.70. The maximum atomic E-state index is 12.8. The summed E-state index contributed by atoms with van der Waals surface area (Å²) in [5.41, 5.74) is 4.00. The molecule has 1 aliphatic carbocycles. The van der Waals surface area contributed by atoms with E-state index in [0.717, 1.165) is 22.5 Å². The van der Waals surface area contributed by atoms with Gasteiger partial charge < -0.3 is 14.7 Å². The number of benzene rings is 1. The maximum absolute atomic E-state index is 12.8.